The Labute approximate surface area is 166 Å². The molecule has 1 aliphatic heterocycles. The van der Waals surface area contributed by atoms with Gasteiger partial charge < -0.3 is 9.64 Å². The molecule has 1 heterocycles. The van der Waals surface area contributed by atoms with Crippen molar-refractivity contribution < 1.29 is 46.2 Å². The summed E-state index contributed by atoms with van der Waals surface area (Å²) in [5.74, 6) is 0.594. The van der Waals surface area contributed by atoms with E-state index in [0.717, 1.165) is 0 Å². The minimum atomic E-state index is -2.51. The summed E-state index contributed by atoms with van der Waals surface area (Å²) >= 11 is 9.48. The fourth-order valence-electron chi connectivity index (χ4n) is 1.93. The molecule has 22 heavy (non-hydrogen) atoms. The van der Waals surface area contributed by atoms with Crippen LogP contribution >= 0.6 is 27.5 Å². The van der Waals surface area contributed by atoms with E-state index in [-0.39, 0.29) is 32.7 Å². The molecule has 1 radical (unpaired) electrons. The molecule has 115 valence electrons. The molecular formula is C15H12BrClF2NOY-. The van der Waals surface area contributed by atoms with Gasteiger partial charge in [-0.15, -0.1) is 22.0 Å². The molecule has 0 unspecified atom stereocenters. The van der Waals surface area contributed by atoms with Gasteiger partial charge in [0.15, 0.2) is 0 Å². The molecule has 0 N–H and O–H groups in total. The van der Waals surface area contributed by atoms with E-state index in [9.17, 15) is 8.78 Å². The predicted molar refractivity (Wildman–Crippen MR) is 83.5 cm³/mol. The third kappa shape index (κ3) is 4.41. The van der Waals surface area contributed by atoms with Gasteiger partial charge in [-0.25, -0.2) is 8.78 Å². The van der Waals surface area contributed by atoms with Gasteiger partial charge in [0.1, 0.15) is 5.75 Å². The number of hydrogen-bond acceptors (Lipinski definition) is 2. The molecule has 7 heteroatoms. The van der Waals surface area contributed by atoms with E-state index >= 15 is 0 Å². The molecule has 0 fully saturated rings. The maximum Gasteiger partial charge on any atom is 0.256 e. The fourth-order valence-corrected chi connectivity index (χ4v) is 2.52. The number of allylic oxidation sites excluding steroid dienone is 3. The summed E-state index contributed by atoms with van der Waals surface area (Å²) in [6.07, 6.45) is 2.10. The number of methoxy groups -OCH3 is 1. The van der Waals surface area contributed by atoms with Gasteiger partial charge in [-0.05, 0) is 22.9 Å². The number of alkyl halides is 2. The van der Waals surface area contributed by atoms with Crippen LogP contribution in [0.1, 0.15) is 5.56 Å². The molecule has 2 rings (SSSR count). The number of rotatable bonds is 4. The van der Waals surface area contributed by atoms with Crippen molar-refractivity contribution in [2.75, 3.05) is 13.7 Å². The van der Waals surface area contributed by atoms with Crippen molar-refractivity contribution in [2.24, 2.45) is 0 Å². The Kier molecular flexibility index (Phi) is 7.73. The topological polar surface area (TPSA) is 12.5 Å². The Hall–Kier alpha value is -0.226. The SMILES string of the molecule is C=C1C(Br)=C[C-]=C(c2ccc(OC)cc2Cl)N1CC(F)F.[Y]. The van der Waals surface area contributed by atoms with Crippen molar-refractivity contribution in [3.8, 4) is 5.75 Å². The second-order valence-electron chi connectivity index (χ2n) is 4.28. The van der Waals surface area contributed by atoms with E-state index in [1.807, 2.05) is 0 Å². The van der Waals surface area contributed by atoms with Gasteiger partial charge in [0.05, 0.1) is 13.7 Å². The van der Waals surface area contributed by atoms with Crippen LogP contribution in [0.4, 0.5) is 8.78 Å². The molecule has 0 amide bonds. The van der Waals surface area contributed by atoms with Crippen molar-refractivity contribution in [2.45, 2.75) is 6.43 Å². The van der Waals surface area contributed by atoms with Crippen LogP contribution in [0.2, 0.25) is 5.02 Å². The standard InChI is InChI=1S/C15H12BrClF2NO.Y/c1-9-12(16)5-6-14(20(9)8-15(18)19)11-4-3-10(21-2)7-13(11)17;/h3-5,7,15H,1,8H2,2H3;/q-1;. The zero-order chi connectivity index (χ0) is 15.6. The molecule has 0 spiro atoms. The van der Waals surface area contributed by atoms with Crippen molar-refractivity contribution in [1.82, 2.24) is 4.90 Å². The monoisotopic (exact) mass is 463 g/mol. The van der Waals surface area contributed by atoms with E-state index < -0.39 is 13.0 Å². The van der Waals surface area contributed by atoms with Crippen molar-refractivity contribution >= 4 is 33.2 Å². The summed E-state index contributed by atoms with van der Waals surface area (Å²) in [4.78, 5) is 1.39. The van der Waals surface area contributed by atoms with E-state index in [4.69, 9.17) is 16.3 Å². The van der Waals surface area contributed by atoms with Gasteiger partial charge >= 0.3 is 0 Å². The van der Waals surface area contributed by atoms with Crippen LogP contribution < -0.4 is 4.74 Å². The number of halogens is 4. The largest absolute Gasteiger partial charge is 0.497 e. The fraction of sp³-hybridized carbons (Fsp3) is 0.200. The number of ether oxygens (including phenoxy) is 1. The van der Waals surface area contributed by atoms with E-state index in [1.54, 1.807) is 24.3 Å². The smallest absolute Gasteiger partial charge is 0.256 e. The van der Waals surface area contributed by atoms with Gasteiger partial charge in [0, 0.05) is 32.7 Å². The Morgan fingerprint density at radius 2 is 2.14 bits per heavy atom. The molecule has 0 aliphatic carbocycles. The minimum absolute atomic E-state index is 0. The maximum atomic E-state index is 12.8. The Morgan fingerprint density at radius 1 is 1.45 bits per heavy atom. The van der Waals surface area contributed by atoms with Crippen molar-refractivity contribution in [1.29, 1.82) is 0 Å². The van der Waals surface area contributed by atoms with Gasteiger partial charge in [-0.3, -0.25) is 0 Å². The van der Waals surface area contributed by atoms with Gasteiger partial charge in [0.2, 0.25) is 0 Å². The summed E-state index contributed by atoms with van der Waals surface area (Å²) in [5.41, 5.74) is 1.49. The Balaban J connectivity index is 0.00000242. The molecule has 0 atom stereocenters. The van der Waals surface area contributed by atoms with Crippen LogP contribution in [-0.4, -0.2) is 25.0 Å². The van der Waals surface area contributed by atoms with Crippen molar-refractivity contribution in [3.63, 3.8) is 0 Å². The molecule has 1 aromatic carbocycles. The Bertz CT molecular complexity index is 634. The zero-order valence-electron chi connectivity index (χ0n) is 11.7. The van der Waals surface area contributed by atoms with Crippen LogP contribution in [0.5, 0.6) is 5.75 Å². The maximum absolute atomic E-state index is 12.8. The first-order chi connectivity index (χ1) is 9.93. The molecule has 0 saturated heterocycles. The van der Waals surface area contributed by atoms with Crippen LogP contribution in [0.15, 0.2) is 41.0 Å². The normalized spacial score (nSPS) is 14.5. The molecule has 1 aromatic rings. The molecule has 2 nitrogen and oxygen atoms in total. The third-order valence-electron chi connectivity index (χ3n) is 2.96. The summed E-state index contributed by atoms with van der Waals surface area (Å²) < 4.78 is 31.3. The van der Waals surface area contributed by atoms with Crippen molar-refractivity contribution in [3.05, 3.63) is 57.7 Å². The molecule has 0 saturated carbocycles. The average molecular weight is 465 g/mol. The van der Waals surface area contributed by atoms with E-state index in [2.05, 4.69) is 28.6 Å². The number of nitrogens with zero attached hydrogens (tertiary/aromatic N) is 1. The number of benzene rings is 1. The van der Waals surface area contributed by atoms with Crippen LogP contribution in [-0.2, 0) is 32.7 Å². The van der Waals surface area contributed by atoms with Crippen LogP contribution in [0.3, 0.4) is 0 Å². The van der Waals surface area contributed by atoms with E-state index in [0.29, 0.717) is 32.2 Å². The zero-order valence-corrected chi connectivity index (χ0v) is 16.9. The van der Waals surface area contributed by atoms with Gasteiger partial charge in [0.25, 0.3) is 6.43 Å². The van der Waals surface area contributed by atoms with Crippen LogP contribution in [0.25, 0.3) is 5.70 Å². The van der Waals surface area contributed by atoms with Gasteiger partial charge in [-0.1, -0.05) is 33.9 Å². The van der Waals surface area contributed by atoms with Gasteiger partial charge in [-0.2, -0.15) is 12.2 Å². The third-order valence-corrected chi connectivity index (χ3v) is 3.96. The molecule has 0 aromatic heterocycles. The average Bonchev–Trinajstić information content (AvgIpc) is 2.44. The first kappa shape index (κ1) is 19.8. The summed E-state index contributed by atoms with van der Waals surface area (Å²) in [6.45, 7) is 3.34. The quantitative estimate of drug-likeness (QED) is 0.590. The minimum Gasteiger partial charge on any atom is -0.497 e. The molecule has 0 bridgehead atoms. The molecule has 1 aliphatic rings. The summed E-state index contributed by atoms with van der Waals surface area (Å²) in [5, 5.41) is 0.398. The first-order valence-corrected chi connectivity index (χ1v) is 7.19. The number of hydrogen-bond donors (Lipinski definition) is 0. The first-order valence-electron chi connectivity index (χ1n) is 6.02. The van der Waals surface area contributed by atoms with E-state index in [1.165, 1.54) is 12.0 Å². The second kappa shape index (κ2) is 8.58. The predicted octanol–water partition coefficient (Wildman–Crippen LogP) is 4.86. The summed E-state index contributed by atoms with van der Waals surface area (Å²) in [6, 6.07) is 5.05. The van der Waals surface area contributed by atoms with Crippen LogP contribution in [0, 0.1) is 6.08 Å². The summed E-state index contributed by atoms with van der Waals surface area (Å²) in [7, 11) is 1.53. The molecular weight excluding hydrogens is 452 g/mol. The Morgan fingerprint density at radius 3 is 2.68 bits per heavy atom. The second-order valence-corrected chi connectivity index (χ2v) is 5.54.